The number of hydrogen-bond donors (Lipinski definition) is 2. The highest BCUT2D eigenvalue weighted by Gasteiger charge is 2.10. The minimum atomic E-state index is -0.515. The normalized spacial score (nSPS) is 11.8. The fourth-order valence-electron chi connectivity index (χ4n) is 2.57. The first-order valence-corrected chi connectivity index (χ1v) is 8.13. The number of urea groups is 1. The van der Waals surface area contributed by atoms with Gasteiger partial charge in [-0.15, -0.1) is 0 Å². The largest absolute Gasteiger partial charge is 0.331 e. The zero-order valence-electron chi connectivity index (χ0n) is 14.5. The lowest BCUT2D eigenvalue weighted by atomic mass is 10.1. The van der Waals surface area contributed by atoms with Gasteiger partial charge < -0.3 is 15.2 Å². The van der Waals surface area contributed by atoms with Gasteiger partial charge in [0.05, 0.1) is 25.0 Å². The first-order chi connectivity index (χ1) is 12.5. The lowest BCUT2D eigenvalue weighted by molar-refractivity contribution is 0.251. The number of carbonyl (C=O) groups is 1. The Hall–Kier alpha value is -3.29. The zero-order chi connectivity index (χ0) is 18.5. The molecule has 0 fully saturated rings. The van der Waals surface area contributed by atoms with Crippen LogP contribution in [0, 0.1) is 12.7 Å². The van der Waals surface area contributed by atoms with Crippen molar-refractivity contribution in [2.45, 2.75) is 26.4 Å². The molecule has 2 N–H and O–H groups in total. The van der Waals surface area contributed by atoms with Crippen molar-refractivity contribution in [1.29, 1.82) is 0 Å². The fraction of sp³-hybridized carbons (Fsp3) is 0.222. The van der Waals surface area contributed by atoms with Gasteiger partial charge in [0.25, 0.3) is 0 Å². The van der Waals surface area contributed by atoms with E-state index in [0.717, 1.165) is 23.8 Å². The van der Waals surface area contributed by atoms with Gasteiger partial charge in [-0.2, -0.15) is 0 Å². The van der Waals surface area contributed by atoms with Crippen LogP contribution in [0.3, 0.4) is 0 Å². The van der Waals surface area contributed by atoms with Gasteiger partial charge in [0.15, 0.2) is 5.82 Å². The first kappa shape index (κ1) is 17.5. The second-order valence-corrected chi connectivity index (χ2v) is 5.80. The first-order valence-electron chi connectivity index (χ1n) is 8.13. The average molecular weight is 354 g/mol. The van der Waals surface area contributed by atoms with Crippen LogP contribution in [0.2, 0.25) is 0 Å². The number of anilines is 1. The fourth-order valence-corrected chi connectivity index (χ4v) is 2.57. The number of carbonyl (C=O) groups excluding carboxylic acids is 1. The Morgan fingerprint density at radius 2 is 1.88 bits per heavy atom. The highest BCUT2D eigenvalue weighted by molar-refractivity contribution is 5.89. The summed E-state index contributed by atoms with van der Waals surface area (Å²) in [5.41, 5.74) is 1.78. The number of rotatable bonds is 5. The maximum absolute atomic E-state index is 12.7. The smallest absolute Gasteiger partial charge is 0.319 e. The van der Waals surface area contributed by atoms with Gasteiger partial charge in [-0.05, 0) is 31.5 Å². The SMILES string of the molecule is Cc1nccn1[C@@H](C)c1ccc(NC(=O)NCc2ncc(F)cn2)cc1. The van der Waals surface area contributed by atoms with E-state index in [-0.39, 0.29) is 18.6 Å². The molecule has 3 aromatic rings. The predicted octanol–water partition coefficient (Wildman–Crippen LogP) is 3.05. The van der Waals surface area contributed by atoms with E-state index in [1.54, 1.807) is 6.20 Å². The monoisotopic (exact) mass is 354 g/mol. The van der Waals surface area contributed by atoms with Crippen molar-refractivity contribution in [1.82, 2.24) is 24.8 Å². The summed E-state index contributed by atoms with van der Waals surface area (Å²) >= 11 is 0. The number of halogens is 1. The summed E-state index contributed by atoms with van der Waals surface area (Å²) in [5.74, 6) is 0.766. The number of nitrogens with one attached hydrogen (secondary N) is 2. The van der Waals surface area contributed by atoms with Crippen LogP contribution in [0.25, 0.3) is 0 Å². The molecule has 8 heteroatoms. The third-order valence-electron chi connectivity index (χ3n) is 4.01. The Morgan fingerprint density at radius 1 is 1.19 bits per heavy atom. The Bertz CT molecular complexity index is 875. The molecule has 0 aliphatic heterocycles. The Kier molecular flexibility index (Phi) is 5.21. The van der Waals surface area contributed by atoms with Gasteiger partial charge in [-0.25, -0.2) is 24.1 Å². The number of nitrogens with zero attached hydrogens (tertiary/aromatic N) is 4. The number of aryl methyl sites for hydroxylation is 1. The van der Waals surface area contributed by atoms with Crippen molar-refractivity contribution in [3.8, 4) is 0 Å². The Labute approximate surface area is 150 Å². The van der Waals surface area contributed by atoms with Gasteiger partial charge in [-0.3, -0.25) is 0 Å². The van der Waals surface area contributed by atoms with Crippen molar-refractivity contribution in [2.24, 2.45) is 0 Å². The van der Waals surface area contributed by atoms with Crippen LogP contribution >= 0.6 is 0 Å². The van der Waals surface area contributed by atoms with E-state index in [1.165, 1.54) is 0 Å². The van der Waals surface area contributed by atoms with E-state index in [9.17, 15) is 9.18 Å². The highest BCUT2D eigenvalue weighted by atomic mass is 19.1. The van der Waals surface area contributed by atoms with Gasteiger partial charge >= 0.3 is 6.03 Å². The molecule has 0 spiro atoms. The van der Waals surface area contributed by atoms with Crippen LogP contribution in [0.1, 0.15) is 30.2 Å². The quantitative estimate of drug-likeness (QED) is 0.737. The summed E-state index contributed by atoms with van der Waals surface area (Å²) < 4.78 is 14.8. The molecule has 3 rings (SSSR count). The summed E-state index contributed by atoms with van der Waals surface area (Å²) in [7, 11) is 0. The van der Waals surface area contributed by atoms with E-state index in [2.05, 4.69) is 37.1 Å². The minimum Gasteiger partial charge on any atom is -0.331 e. The van der Waals surface area contributed by atoms with Gasteiger partial charge in [0.2, 0.25) is 0 Å². The molecule has 1 aromatic carbocycles. The summed E-state index contributed by atoms with van der Waals surface area (Å²) in [5, 5.41) is 5.36. The van der Waals surface area contributed by atoms with Crippen LogP contribution in [-0.4, -0.2) is 25.6 Å². The molecule has 0 radical (unpaired) electrons. The molecular weight excluding hydrogens is 335 g/mol. The molecule has 0 saturated heterocycles. The molecule has 2 amide bonds. The Morgan fingerprint density at radius 3 is 2.50 bits per heavy atom. The van der Waals surface area contributed by atoms with Crippen molar-refractivity contribution < 1.29 is 9.18 Å². The van der Waals surface area contributed by atoms with E-state index < -0.39 is 5.82 Å². The molecule has 26 heavy (non-hydrogen) atoms. The molecule has 2 aromatic heterocycles. The van der Waals surface area contributed by atoms with Crippen molar-refractivity contribution in [2.75, 3.05) is 5.32 Å². The molecule has 0 saturated carbocycles. The van der Waals surface area contributed by atoms with Crippen LogP contribution in [0.5, 0.6) is 0 Å². The number of benzene rings is 1. The topological polar surface area (TPSA) is 84.7 Å². The molecule has 0 unspecified atom stereocenters. The Balaban J connectivity index is 1.56. The number of imidazole rings is 1. The number of hydrogen-bond acceptors (Lipinski definition) is 4. The zero-order valence-corrected chi connectivity index (χ0v) is 14.5. The van der Waals surface area contributed by atoms with Crippen LogP contribution < -0.4 is 10.6 Å². The highest BCUT2D eigenvalue weighted by Crippen LogP contribution is 2.21. The maximum atomic E-state index is 12.7. The number of amides is 2. The van der Waals surface area contributed by atoms with Crippen molar-refractivity contribution in [3.05, 3.63) is 72.1 Å². The van der Waals surface area contributed by atoms with E-state index in [4.69, 9.17) is 0 Å². The summed E-state index contributed by atoms with van der Waals surface area (Å²) in [6, 6.07) is 7.36. The van der Waals surface area contributed by atoms with E-state index in [0.29, 0.717) is 11.5 Å². The molecule has 0 aliphatic carbocycles. The summed E-state index contributed by atoms with van der Waals surface area (Å²) in [6.45, 7) is 4.16. The van der Waals surface area contributed by atoms with Crippen molar-refractivity contribution >= 4 is 11.7 Å². The predicted molar refractivity (Wildman–Crippen MR) is 95.1 cm³/mol. The second-order valence-electron chi connectivity index (χ2n) is 5.80. The van der Waals surface area contributed by atoms with E-state index in [1.807, 2.05) is 37.4 Å². The molecular formula is C18H19FN6O. The maximum Gasteiger partial charge on any atom is 0.319 e. The standard InChI is InChI=1S/C18H19FN6O/c1-12(25-8-7-20-13(25)2)14-3-5-16(6-4-14)24-18(26)23-11-17-21-9-15(19)10-22-17/h3-10,12H,11H2,1-2H3,(H2,23,24,26)/t12-/m0/s1. The van der Waals surface area contributed by atoms with Crippen LogP contribution in [-0.2, 0) is 6.54 Å². The van der Waals surface area contributed by atoms with Gasteiger partial charge in [-0.1, -0.05) is 12.1 Å². The number of aromatic nitrogens is 4. The molecule has 134 valence electrons. The molecule has 1 atom stereocenters. The lowest BCUT2D eigenvalue weighted by Crippen LogP contribution is -2.28. The van der Waals surface area contributed by atoms with Gasteiger partial charge in [0, 0.05) is 18.1 Å². The average Bonchev–Trinajstić information content (AvgIpc) is 3.07. The van der Waals surface area contributed by atoms with Gasteiger partial charge in [0.1, 0.15) is 11.6 Å². The molecule has 0 bridgehead atoms. The summed E-state index contributed by atoms with van der Waals surface area (Å²) in [4.78, 5) is 23.7. The molecule has 0 aliphatic rings. The second kappa shape index (κ2) is 7.73. The third kappa shape index (κ3) is 4.21. The van der Waals surface area contributed by atoms with Crippen LogP contribution in [0.15, 0.2) is 49.1 Å². The van der Waals surface area contributed by atoms with Crippen molar-refractivity contribution in [3.63, 3.8) is 0 Å². The lowest BCUT2D eigenvalue weighted by Gasteiger charge is -2.16. The molecule has 2 heterocycles. The van der Waals surface area contributed by atoms with Crippen LogP contribution in [0.4, 0.5) is 14.9 Å². The summed E-state index contributed by atoms with van der Waals surface area (Å²) in [6.07, 6.45) is 5.83. The molecule has 7 nitrogen and oxygen atoms in total. The minimum absolute atomic E-state index is 0.112. The third-order valence-corrected chi connectivity index (χ3v) is 4.01. The van der Waals surface area contributed by atoms with E-state index >= 15 is 0 Å².